The molecule has 2 rings (SSSR count). The minimum absolute atomic E-state index is 0.182. The highest BCUT2D eigenvalue weighted by atomic mass is 79.9. The van der Waals surface area contributed by atoms with Gasteiger partial charge in [-0.2, -0.15) is 0 Å². The summed E-state index contributed by atoms with van der Waals surface area (Å²) in [6, 6.07) is 12.6. The van der Waals surface area contributed by atoms with Gasteiger partial charge in [-0.05, 0) is 64.9 Å². The van der Waals surface area contributed by atoms with Gasteiger partial charge < -0.3 is 14.8 Å². The van der Waals surface area contributed by atoms with Gasteiger partial charge >= 0.3 is 0 Å². The van der Waals surface area contributed by atoms with Crippen LogP contribution < -0.4 is 20.1 Å². The van der Waals surface area contributed by atoms with Crippen LogP contribution in [0, 0.1) is 0 Å². The Morgan fingerprint density at radius 1 is 1.13 bits per heavy atom. The monoisotopic (exact) mass is 490 g/mol. The van der Waals surface area contributed by atoms with Gasteiger partial charge in [0.1, 0.15) is 18.1 Å². The van der Waals surface area contributed by atoms with E-state index in [1.54, 1.807) is 24.3 Å². The summed E-state index contributed by atoms with van der Waals surface area (Å²) >= 11 is 8.75. The van der Waals surface area contributed by atoms with Crippen LogP contribution in [0.4, 0.5) is 5.69 Å². The lowest BCUT2D eigenvalue weighted by molar-refractivity contribution is 0.0977. The van der Waals surface area contributed by atoms with E-state index in [9.17, 15) is 4.79 Å². The topological polar surface area (TPSA) is 59.6 Å². The number of unbranched alkanes of at least 4 members (excludes halogenated alkanes) is 3. The van der Waals surface area contributed by atoms with E-state index < -0.39 is 0 Å². The number of carbonyl (C=O) groups is 1. The highest BCUT2D eigenvalue weighted by Gasteiger charge is 2.12. The van der Waals surface area contributed by atoms with Crippen LogP contribution in [0.25, 0.3) is 0 Å². The molecule has 2 aromatic carbocycles. The summed E-state index contributed by atoms with van der Waals surface area (Å²) < 4.78 is 12.1. The molecular formula is C23H27BrN2O3S. The molecule has 0 aliphatic rings. The molecule has 0 bridgehead atoms. The molecule has 0 aromatic heterocycles. The first-order valence-corrected chi connectivity index (χ1v) is 11.1. The molecule has 0 spiro atoms. The first-order valence-electron chi connectivity index (χ1n) is 9.92. The van der Waals surface area contributed by atoms with E-state index in [1.807, 2.05) is 24.3 Å². The van der Waals surface area contributed by atoms with Crippen LogP contribution in [0.2, 0.25) is 0 Å². The number of rotatable bonds is 11. The number of anilines is 1. The summed E-state index contributed by atoms with van der Waals surface area (Å²) in [5, 5.41) is 5.86. The zero-order valence-corrected chi connectivity index (χ0v) is 19.5. The second kappa shape index (κ2) is 13.0. The number of hydrogen-bond donors (Lipinski definition) is 2. The van der Waals surface area contributed by atoms with Gasteiger partial charge in [0.15, 0.2) is 5.11 Å². The molecular weight excluding hydrogens is 464 g/mol. The molecule has 0 unspecified atom stereocenters. The van der Waals surface area contributed by atoms with Crippen molar-refractivity contribution in [2.75, 3.05) is 18.5 Å². The van der Waals surface area contributed by atoms with Gasteiger partial charge in [-0.25, -0.2) is 0 Å². The van der Waals surface area contributed by atoms with E-state index in [-0.39, 0.29) is 11.0 Å². The van der Waals surface area contributed by atoms with Crippen LogP contribution in [0.3, 0.4) is 0 Å². The second-order valence-corrected chi connectivity index (χ2v) is 7.82. The van der Waals surface area contributed by atoms with Crippen molar-refractivity contribution in [1.82, 2.24) is 5.32 Å². The molecule has 2 aromatic rings. The lowest BCUT2D eigenvalue weighted by atomic mass is 10.2. The average Bonchev–Trinajstić information content (AvgIpc) is 2.73. The van der Waals surface area contributed by atoms with Crippen molar-refractivity contribution in [2.45, 2.75) is 32.6 Å². The molecule has 30 heavy (non-hydrogen) atoms. The lowest BCUT2D eigenvalue weighted by Crippen LogP contribution is -2.34. The van der Waals surface area contributed by atoms with Gasteiger partial charge in [0.2, 0.25) is 0 Å². The molecule has 0 atom stereocenters. The molecule has 0 saturated heterocycles. The van der Waals surface area contributed by atoms with Crippen LogP contribution in [-0.4, -0.2) is 24.2 Å². The first kappa shape index (κ1) is 23.9. The number of halogens is 1. The van der Waals surface area contributed by atoms with Gasteiger partial charge in [0.25, 0.3) is 5.91 Å². The zero-order chi connectivity index (χ0) is 21.8. The summed E-state index contributed by atoms with van der Waals surface area (Å²) in [6.07, 6.45) is 6.23. The fraction of sp³-hybridized carbons (Fsp3) is 0.304. The zero-order valence-electron chi connectivity index (χ0n) is 17.1. The minimum atomic E-state index is -0.313. The van der Waals surface area contributed by atoms with Crippen molar-refractivity contribution in [3.63, 3.8) is 0 Å². The number of benzene rings is 2. The van der Waals surface area contributed by atoms with Gasteiger partial charge in [-0.3, -0.25) is 10.1 Å². The van der Waals surface area contributed by atoms with E-state index in [2.05, 4.69) is 40.1 Å². The quantitative estimate of drug-likeness (QED) is 0.226. The number of nitrogens with one attached hydrogen (secondary N) is 2. The maximum Gasteiger partial charge on any atom is 0.257 e. The number of ether oxygens (including phenoxy) is 2. The molecule has 160 valence electrons. The number of hydrogen-bond acceptors (Lipinski definition) is 4. The van der Waals surface area contributed by atoms with Crippen molar-refractivity contribution in [2.24, 2.45) is 0 Å². The highest BCUT2D eigenvalue weighted by Crippen LogP contribution is 2.27. The summed E-state index contributed by atoms with van der Waals surface area (Å²) in [5.74, 6) is 1.03. The smallest absolute Gasteiger partial charge is 0.257 e. The van der Waals surface area contributed by atoms with Gasteiger partial charge in [-0.15, -0.1) is 0 Å². The SMILES string of the molecule is C=CCOc1ccccc1NC(=S)NC(=O)c1ccc(OCCCCCC)c(Br)c1. The predicted molar refractivity (Wildman–Crippen MR) is 130 cm³/mol. The maximum absolute atomic E-state index is 12.6. The third-order valence-electron chi connectivity index (χ3n) is 4.17. The third-order valence-corrected chi connectivity index (χ3v) is 4.99. The third kappa shape index (κ3) is 7.80. The maximum atomic E-state index is 12.6. The Balaban J connectivity index is 1.92. The van der Waals surface area contributed by atoms with E-state index in [0.717, 1.165) is 23.1 Å². The summed E-state index contributed by atoms with van der Waals surface area (Å²) in [5.41, 5.74) is 1.14. The van der Waals surface area contributed by atoms with Crippen molar-refractivity contribution in [1.29, 1.82) is 0 Å². The van der Waals surface area contributed by atoms with Crippen LogP contribution in [0.15, 0.2) is 59.6 Å². The Hall–Kier alpha value is -2.38. The normalized spacial score (nSPS) is 10.2. The Kier molecular flexibility index (Phi) is 10.4. The van der Waals surface area contributed by atoms with Gasteiger partial charge in [-0.1, -0.05) is 51.0 Å². The number of amides is 1. The van der Waals surface area contributed by atoms with E-state index in [0.29, 0.717) is 30.2 Å². The van der Waals surface area contributed by atoms with Crippen molar-refractivity contribution >= 4 is 44.9 Å². The second-order valence-electron chi connectivity index (χ2n) is 6.56. The molecule has 0 aliphatic heterocycles. The minimum Gasteiger partial charge on any atom is -0.492 e. The Morgan fingerprint density at radius 2 is 1.93 bits per heavy atom. The predicted octanol–water partition coefficient (Wildman–Crippen LogP) is 6.10. The first-order chi connectivity index (χ1) is 14.5. The van der Waals surface area contributed by atoms with Crippen LogP contribution in [-0.2, 0) is 0 Å². The molecule has 1 amide bonds. The summed E-state index contributed by atoms with van der Waals surface area (Å²) in [7, 11) is 0. The molecule has 7 heteroatoms. The highest BCUT2D eigenvalue weighted by molar-refractivity contribution is 9.10. The summed E-state index contributed by atoms with van der Waals surface area (Å²) in [4.78, 5) is 12.6. The number of carbonyl (C=O) groups excluding carboxylic acids is 1. The molecule has 0 saturated carbocycles. The van der Waals surface area contributed by atoms with Crippen molar-refractivity contribution in [3.05, 3.63) is 65.2 Å². The van der Waals surface area contributed by atoms with Gasteiger partial charge in [0, 0.05) is 5.56 Å². The fourth-order valence-corrected chi connectivity index (χ4v) is 3.34. The molecule has 0 heterocycles. The molecule has 5 nitrogen and oxygen atoms in total. The molecule has 2 N–H and O–H groups in total. The van der Waals surface area contributed by atoms with E-state index in [4.69, 9.17) is 21.7 Å². The fourth-order valence-electron chi connectivity index (χ4n) is 2.64. The molecule has 0 fully saturated rings. The largest absolute Gasteiger partial charge is 0.492 e. The van der Waals surface area contributed by atoms with Crippen LogP contribution in [0.5, 0.6) is 11.5 Å². The Labute approximate surface area is 192 Å². The number of para-hydroxylation sites is 2. The lowest BCUT2D eigenvalue weighted by Gasteiger charge is -2.14. The van der Waals surface area contributed by atoms with Crippen LogP contribution in [0.1, 0.15) is 43.0 Å². The molecule has 0 aliphatic carbocycles. The molecule has 0 radical (unpaired) electrons. The van der Waals surface area contributed by atoms with E-state index in [1.165, 1.54) is 12.8 Å². The van der Waals surface area contributed by atoms with Crippen molar-refractivity contribution in [3.8, 4) is 11.5 Å². The summed E-state index contributed by atoms with van der Waals surface area (Å²) in [6.45, 7) is 6.85. The van der Waals surface area contributed by atoms with Gasteiger partial charge in [0.05, 0.1) is 16.8 Å². The van der Waals surface area contributed by atoms with E-state index >= 15 is 0 Å². The Bertz CT molecular complexity index is 873. The standard InChI is InChI=1S/C23H27BrN2O3S/c1-3-5-6-9-15-29-20-13-12-17(16-18(20)24)22(27)26-23(30)25-19-10-7-8-11-21(19)28-14-4-2/h4,7-8,10-13,16H,2-3,5-6,9,14-15H2,1H3,(H2,25,26,27,30). The average molecular weight is 491 g/mol. The Morgan fingerprint density at radius 3 is 2.67 bits per heavy atom. The van der Waals surface area contributed by atoms with Crippen LogP contribution >= 0.6 is 28.1 Å². The van der Waals surface area contributed by atoms with Crippen molar-refractivity contribution < 1.29 is 14.3 Å². The number of thiocarbonyl (C=S) groups is 1.